The lowest BCUT2D eigenvalue weighted by molar-refractivity contribution is 0.458. The summed E-state index contributed by atoms with van der Waals surface area (Å²) in [5.41, 5.74) is 0. The molecule has 0 atom stereocenters. The van der Waals surface area contributed by atoms with Crippen LogP contribution in [-0.2, 0) is 10.0 Å². The van der Waals surface area contributed by atoms with Gasteiger partial charge < -0.3 is 5.11 Å². The molecule has 94 valence electrons. The van der Waals surface area contributed by atoms with Crippen LogP contribution in [0.5, 0.6) is 5.75 Å². The Labute approximate surface area is 105 Å². The van der Waals surface area contributed by atoms with E-state index in [-0.39, 0.29) is 15.4 Å². The lowest BCUT2D eigenvalue weighted by Gasteiger charge is -2.13. The summed E-state index contributed by atoms with van der Waals surface area (Å²) in [7, 11) is -3.61. The highest BCUT2D eigenvalue weighted by atomic mass is 32.2. The summed E-state index contributed by atoms with van der Waals surface area (Å²) in [6.45, 7) is 0.421. The third-order valence-corrected chi connectivity index (χ3v) is 5.85. The van der Waals surface area contributed by atoms with Crippen LogP contribution in [0.3, 0.4) is 0 Å². The van der Waals surface area contributed by atoms with E-state index >= 15 is 0 Å². The Morgan fingerprint density at radius 3 is 2.59 bits per heavy atom. The Balaban J connectivity index is 2.12. The van der Waals surface area contributed by atoms with Crippen LogP contribution in [0.2, 0.25) is 0 Å². The van der Waals surface area contributed by atoms with Crippen LogP contribution in [0.1, 0.15) is 12.8 Å². The number of hydrogen-bond acceptors (Lipinski definition) is 4. The molecule has 0 amide bonds. The number of hydrogen-bond donors (Lipinski definition) is 2. The van der Waals surface area contributed by atoms with Gasteiger partial charge >= 0.3 is 0 Å². The van der Waals surface area contributed by atoms with Crippen molar-refractivity contribution in [3.8, 4) is 5.75 Å². The predicted molar refractivity (Wildman–Crippen MR) is 68.8 cm³/mol. The molecule has 0 aromatic heterocycles. The van der Waals surface area contributed by atoms with Gasteiger partial charge in [0.2, 0.25) is 10.0 Å². The van der Waals surface area contributed by atoms with Crippen molar-refractivity contribution in [1.82, 2.24) is 4.72 Å². The van der Waals surface area contributed by atoms with Crippen molar-refractivity contribution in [2.75, 3.05) is 12.8 Å². The number of phenols is 1. The van der Waals surface area contributed by atoms with Crippen molar-refractivity contribution < 1.29 is 13.5 Å². The average Bonchev–Trinajstić information content (AvgIpc) is 3.08. The second kappa shape index (κ2) is 4.51. The first kappa shape index (κ1) is 12.7. The van der Waals surface area contributed by atoms with Crippen molar-refractivity contribution in [1.29, 1.82) is 0 Å². The van der Waals surface area contributed by atoms with E-state index < -0.39 is 10.0 Å². The Hall–Kier alpha value is -0.720. The van der Waals surface area contributed by atoms with Crippen LogP contribution >= 0.6 is 11.8 Å². The van der Waals surface area contributed by atoms with Gasteiger partial charge in [0.1, 0.15) is 10.6 Å². The highest BCUT2D eigenvalue weighted by Gasteiger charge is 2.42. The molecule has 0 bridgehead atoms. The smallest absolute Gasteiger partial charge is 0.244 e. The highest BCUT2D eigenvalue weighted by molar-refractivity contribution is 8.00. The summed E-state index contributed by atoms with van der Waals surface area (Å²) in [6.07, 6.45) is 4.07. The maximum Gasteiger partial charge on any atom is 0.244 e. The zero-order valence-corrected chi connectivity index (χ0v) is 11.1. The number of phenolic OH excluding ortho intramolecular Hbond substituents is 1. The summed E-state index contributed by atoms with van der Waals surface area (Å²) in [5, 5.41) is 9.52. The third-order valence-electron chi connectivity index (χ3n) is 2.98. The van der Waals surface area contributed by atoms with Gasteiger partial charge in [-0.2, -0.15) is 11.8 Å². The highest BCUT2D eigenvalue weighted by Crippen LogP contribution is 2.46. The van der Waals surface area contributed by atoms with E-state index in [9.17, 15) is 13.5 Å². The molecule has 1 saturated carbocycles. The molecule has 17 heavy (non-hydrogen) atoms. The van der Waals surface area contributed by atoms with Crippen molar-refractivity contribution in [3.63, 3.8) is 0 Å². The minimum absolute atomic E-state index is 0.0584. The van der Waals surface area contributed by atoms with Crippen LogP contribution in [0.15, 0.2) is 29.2 Å². The van der Waals surface area contributed by atoms with Gasteiger partial charge in [0.25, 0.3) is 0 Å². The summed E-state index contributed by atoms with van der Waals surface area (Å²) in [4.78, 5) is -0.0584. The molecule has 2 rings (SSSR count). The van der Waals surface area contributed by atoms with Gasteiger partial charge in [-0.05, 0) is 31.2 Å². The first-order valence-electron chi connectivity index (χ1n) is 5.32. The van der Waals surface area contributed by atoms with E-state index in [2.05, 4.69) is 4.72 Å². The summed E-state index contributed by atoms with van der Waals surface area (Å²) in [6, 6.07) is 5.96. The van der Waals surface area contributed by atoms with E-state index in [1.54, 1.807) is 23.9 Å². The molecule has 1 aromatic rings. The van der Waals surface area contributed by atoms with Gasteiger partial charge in [0, 0.05) is 11.3 Å². The second-order valence-corrected chi connectivity index (χ2v) is 7.19. The molecule has 6 heteroatoms. The zero-order chi connectivity index (χ0) is 12.5. The average molecular weight is 273 g/mol. The maximum absolute atomic E-state index is 12.0. The van der Waals surface area contributed by atoms with E-state index in [4.69, 9.17) is 0 Å². The normalized spacial score (nSPS) is 17.9. The molecule has 1 aliphatic rings. The molecule has 0 unspecified atom stereocenters. The number of aromatic hydroxyl groups is 1. The molecular formula is C11H15NO3S2. The Morgan fingerprint density at radius 1 is 1.41 bits per heavy atom. The lowest BCUT2D eigenvalue weighted by Crippen LogP contribution is -2.31. The van der Waals surface area contributed by atoms with Gasteiger partial charge in [0.05, 0.1) is 0 Å². The fourth-order valence-corrected chi connectivity index (χ4v) is 3.62. The van der Waals surface area contributed by atoms with Crippen LogP contribution < -0.4 is 4.72 Å². The van der Waals surface area contributed by atoms with E-state index in [1.165, 1.54) is 12.1 Å². The molecule has 1 aromatic carbocycles. The molecule has 0 spiro atoms. The van der Waals surface area contributed by atoms with Crippen molar-refractivity contribution in [2.24, 2.45) is 0 Å². The predicted octanol–water partition coefficient (Wildman–Crippen LogP) is 1.57. The molecule has 0 aliphatic heterocycles. The standard InChI is InChI=1S/C11H15NO3S2/c1-16-11(6-7-11)8-12-17(14,15)10-5-3-2-4-9(10)13/h2-5,12-13H,6-8H2,1H3. The fourth-order valence-electron chi connectivity index (χ4n) is 1.58. The number of nitrogens with one attached hydrogen (secondary N) is 1. The molecule has 2 N–H and O–H groups in total. The summed E-state index contributed by atoms with van der Waals surface area (Å²) < 4.78 is 26.6. The molecule has 1 fully saturated rings. The van der Waals surface area contributed by atoms with Gasteiger partial charge in [-0.15, -0.1) is 0 Å². The number of thioether (sulfide) groups is 1. The minimum atomic E-state index is -3.61. The van der Waals surface area contributed by atoms with Crippen molar-refractivity contribution >= 4 is 21.8 Å². The Morgan fingerprint density at radius 2 is 2.06 bits per heavy atom. The van der Waals surface area contributed by atoms with Crippen LogP contribution in [0.4, 0.5) is 0 Å². The first-order valence-corrected chi connectivity index (χ1v) is 8.03. The minimum Gasteiger partial charge on any atom is -0.507 e. The van der Waals surface area contributed by atoms with Crippen LogP contribution in [0.25, 0.3) is 0 Å². The van der Waals surface area contributed by atoms with Gasteiger partial charge in [-0.1, -0.05) is 12.1 Å². The third kappa shape index (κ3) is 2.75. The topological polar surface area (TPSA) is 66.4 Å². The number of sulfonamides is 1. The molecule has 0 saturated heterocycles. The van der Waals surface area contributed by atoms with E-state index in [0.717, 1.165) is 12.8 Å². The van der Waals surface area contributed by atoms with Crippen molar-refractivity contribution in [2.45, 2.75) is 22.5 Å². The maximum atomic E-state index is 12.0. The largest absolute Gasteiger partial charge is 0.507 e. The molecular weight excluding hydrogens is 258 g/mol. The first-order chi connectivity index (χ1) is 7.99. The second-order valence-electron chi connectivity index (χ2n) is 4.18. The monoisotopic (exact) mass is 273 g/mol. The number of benzene rings is 1. The molecule has 0 heterocycles. The number of rotatable bonds is 5. The van der Waals surface area contributed by atoms with E-state index in [1.807, 2.05) is 6.26 Å². The van der Waals surface area contributed by atoms with Gasteiger partial charge in [-0.25, -0.2) is 13.1 Å². The number of para-hydroxylation sites is 1. The quantitative estimate of drug-likeness (QED) is 0.854. The van der Waals surface area contributed by atoms with Gasteiger partial charge in [-0.3, -0.25) is 0 Å². The Bertz CT molecular complexity index is 509. The summed E-state index contributed by atoms with van der Waals surface area (Å²) >= 11 is 1.69. The van der Waals surface area contributed by atoms with Crippen LogP contribution in [0, 0.1) is 0 Å². The molecule has 4 nitrogen and oxygen atoms in total. The summed E-state index contributed by atoms with van der Waals surface area (Å²) in [5.74, 6) is -0.214. The fraction of sp³-hybridized carbons (Fsp3) is 0.455. The van der Waals surface area contributed by atoms with Gasteiger partial charge in [0.15, 0.2) is 0 Å². The Kier molecular flexibility index (Phi) is 3.38. The molecule has 1 aliphatic carbocycles. The molecule has 0 radical (unpaired) electrons. The van der Waals surface area contributed by atoms with E-state index in [0.29, 0.717) is 6.54 Å². The van der Waals surface area contributed by atoms with Crippen molar-refractivity contribution in [3.05, 3.63) is 24.3 Å². The van der Waals surface area contributed by atoms with Crippen LogP contribution in [-0.4, -0.2) is 31.1 Å². The zero-order valence-electron chi connectivity index (χ0n) is 9.51. The lowest BCUT2D eigenvalue weighted by atomic mass is 10.3. The SMILES string of the molecule is CSC1(CNS(=O)(=O)c2ccccc2O)CC1.